The van der Waals surface area contributed by atoms with E-state index in [0.29, 0.717) is 11.2 Å². The van der Waals surface area contributed by atoms with Crippen molar-refractivity contribution < 1.29 is 4.42 Å². The molecule has 0 aliphatic heterocycles. The molecule has 0 aliphatic carbocycles. The Morgan fingerprint density at radius 3 is 2.65 bits per heavy atom. The lowest BCUT2D eigenvalue weighted by atomic mass is 10.3. The van der Waals surface area contributed by atoms with Gasteiger partial charge in [0, 0.05) is 0 Å². The number of aromatic nitrogens is 1. The highest BCUT2D eigenvalue weighted by molar-refractivity contribution is 9.13. The molecule has 0 aromatic carbocycles. The molecule has 2 heterocycles. The first kappa shape index (κ1) is 13.1. The maximum absolute atomic E-state index is 5.48. The lowest BCUT2D eigenvalue weighted by molar-refractivity contribution is 0.494. The predicted molar refractivity (Wildman–Crippen MR) is 78.1 cm³/mol. The molecule has 0 bridgehead atoms. The molecule has 90 valence electrons. The number of furan rings is 1. The summed E-state index contributed by atoms with van der Waals surface area (Å²) >= 11 is 10.0. The van der Waals surface area contributed by atoms with E-state index in [0.717, 1.165) is 26.2 Å². The van der Waals surface area contributed by atoms with E-state index < -0.39 is 0 Å². The van der Waals surface area contributed by atoms with Gasteiger partial charge in [0.15, 0.2) is 4.67 Å². The largest absolute Gasteiger partial charge is 0.451 e. The third-order valence-corrected chi connectivity index (χ3v) is 4.35. The summed E-state index contributed by atoms with van der Waals surface area (Å²) in [4.78, 5) is 4.31. The van der Waals surface area contributed by atoms with Gasteiger partial charge >= 0.3 is 0 Å². The SMILES string of the molecule is Cc1nc(Br)ccc1NCc1cc(Br)c(Br)o1. The van der Waals surface area contributed by atoms with Crippen LogP contribution in [0.2, 0.25) is 0 Å². The van der Waals surface area contributed by atoms with Gasteiger partial charge in [0.25, 0.3) is 0 Å². The van der Waals surface area contributed by atoms with Crippen LogP contribution in [0.15, 0.2) is 36.4 Å². The summed E-state index contributed by atoms with van der Waals surface area (Å²) in [5.41, 5.74) is 1.95. The van der Waals surface area contributed by atoms with Crippen molar-refractivity contribution in [2.45, 2.75) is 13.5 Å². The van der Waals surface area contributed by atoms with Crippen molar-refractivity contribution in [3.8, 4) is 0 Å². The van der Waals surface area contributed by atoms with Crippen LogP contribution in [0, 0.1) is 6.92 Å². The summed E-state index contributed by atoms with van der Waals surface area (Å²) < 4.78 is 7.94. The Hall–Kier alpha value is -0.330. The third-order valence-electron chi connectivity index (χ3n) is 2.20. The minimum absolute atomic E-state index is 0.619. The normalized spacial score (nSPS) is 10.6. The number of pyridine rings is 1. The summed E-state index contributed by atoms with van der Waals surface area (Å²) in [5, 5.41) is 3.28. The Morgan fingerprint density at radius 2 is 2.06 bits per heavy atom. The highest BCUT2D eigenvalue weighted by atomic mass is 79.9. The molecular formula is C11H9Br3N2O. The molecule has 2 aromatic heterocycles. The molecule has 1 N–H and O–H groups in total. The maximum Gasteiger partial charge on any atom is 0.183 e. The second-order valence-electron chi connectivity index (χ2n) is 3.45. The zero-order valence-electron chi connectivity index (χ0n) is 8.93. The lowest BCUT2D eigenvalue weighted by Crippen LogP contribution is -2.01. The van der Waals surface area contributed by atoms with E-state index in [1.807, 2.05) is 25.1 Å². The monoisotopic (exact) mass is 422 g/mol. The number of halogens is 3. The van der Waals surface area contributed by atoms with E-state index in [9.17, 15) is 0 Å². The molecule has 0 saturated heterocycles. The first-order valence-electron chi connectivity index (χ1n) is 4.87. The van der Waals surface area contributed by atoms with Gasteiger partial charge in [-0.3, -0.25) is 0 Å². The van der Waals surface area contributed by atoms with Crippen LogP contribution in [-0.4, -0.2) is 4.98 Å². The zero-order valence-corrected chi connectivity index (χ0v) is 13.7. The van der Waals surface area contributed by atoms with E-state index in [4.69, 9.17) is 4.42 Å². The molecule has 0 amide bonds. The summed E-state index contributed by atoms with van der Waals surface area (Å²) in [6.07, 6.45) is 0. The summed E-state index contributed by atoms with van der Waals surface area (Å²) in [6, 6.07) is 5.82. The second kappa shape index (κ2) is 5.54. The van der Waals surface area contributed by atoms with Crippen molar-refractivity contribution in [2.24, 2.45) is 0 Å². The van der Waals surface area contributed by atoms with Crippen LogP contribution in [0.1, 0.15) is 11.5 Å². The van der Waals surface area contributed by atoms with E-state index >= 15 is 0 Å². The van der Waals surface area contributed by atoms with Gasteiger partial charge in [-0.25, -0.2) is 4.98 Å². The minimum Gasteiger partial charge on any atom is -0.451 e. The molecule has 17 heavy (non-hydrogen) atoms. The highest BCUT2D eigenvalue weighted by Crippen LogP contribution is 2.27. The van der Waals surface area contributed by atoms with Crippen molar-refractivity contribution in [1.29, 1.82) is 0 Å². The molecule has 2 rings (SSSR count). The fourth-order valence-corrected chi connectivity index (χ4v) is 2.43. The fourth-order valence-electron chi connectivity index (χ4n) is 1.38. The molecule has 2 aromatic rings. The Labute approximate surface area is 124 Å². The predicted octanol–water partition coefficient (Wildman–Crippen LogP) is 4.88. The quantitative estimate of drug-likeness (QED) is 0.713. The van der Waals surface area contributed by atoms with Crippen LogP contribution < -0.4 is 5.32 Å². The van der Waals surface area contributed by atoms with Gasteiger partial charge in [0.05, 0.1) is 22.4 Å². The van der Waals surface area contributed by atoms with E-state index in [2.05, 4.69) is 58.1 Å². The molecular weight excluding hydrogens is 416 g/mol. The Morgan fingerprint density at radius 1 is 1.29 bits per heavy atom. The van der Waals surface area contributed by atoms with Crippen LogP contribution in [0.4, 0.5) is 5.69 Å². The first-order chi connectivity index (χ1) is 8.06. The topological polar surface area (TPSA) is 38.1 Å². The maximum atomic E-state index is 5.48. The van der Waals surface area contributed by atoms with E-state index in [1.165, 1.54) is 0 Å². The number of hydrogen-bond donors (Lipinski definition) is 1. The molecule has 0 saturated carbocycles. The van der Waals surface area contributed by atoms with E-state index in [-0.39, 0.29) is 0 Å². The van der Waals surface area contributed by atoms with Crippen LogP contribution in [0.5, 0.6) is 0 Å². The summed E-state index contributed by atoms with van der Waals surface area (Å²) in [6.45, 7) is 2.58. The molecule has 0 atom stereocenters. The molecule has 0 fully saturated rings. The van der Waals surface area contributed by atoms with Gasteiger partial charge in [-0.1, -0.05) is 0 Å². The van der Waals surface area contributed by atoms with Gasteiger partial charge < -0.3 is 9.73 Å². The average Bonchev–Trinajstić information content (AvgIpc) is 2.57. The molecule has 0 radical (unpaired) electrons. The van der Waals surface area contributed by atoms with Crippen molar-refractivity contribution in [1.82, 2.24) is 4.98 Å². The fraction of sp³-hybridized carbons (Fsp3) is 0.182. The smallest absolute Gasteiger partial charge is 0.183 e. The number of rotatable bonds is 3. The Kier molecular flexibility index (Phi) is 4.27. The van der Waals surface area contributed by atoms with E-state index in [1.54, 1.807) is 0 Å². The van der Waals surface area contributed by atoms with Crippen molar-refractivity contribution in [3.05, 3.63) is 43.4 Å². The van der Waals surface area contributed by atoms with Gasteiger partial charge in [0.1, 0.15) is 10.4 Å². The van der Waals surface area contributed by atoms with Gasteiger partial charge in [-0.2, -0.15) is 0 Å². The molecule has 0 unspecified atom stereocenters. The number of nitrogens with one attached hydrogen (secondary N) is 1. The van der Waals surface area contributed by atoms with Crippen LogP contribution in [0.3, 0.4) is 0 Å². The minimum atomic E-state index is 0.619. The van der Waals surface area contributed by atoms with Gasteiger partial charge in [-0.05, 0) is 72.9 Å². The molecule has 0 spiro atoms. The summed E-state index contributed by atoms with van der Waals surface area (Å²) in [5.74, 6) is 0.853. The zero-order chi connectivity index (χ0) is 12.4. The highest BCUT2D eigenvalue weighted by Gasteiger charge is 2.06. The van der Waals surface area contributed by atoms with Crippen molar-refractivity contribution in [3.63, 3.8) is 0 Å². The summed E-state index contributed by atoms with van der Waals surface area (Å²) in [7, 11) is 0. The number of nitrogens with zero attached hydrogens (tertiary/aromatic N) is 1. The number of anilines is 1. The lowest BCUT2D eigenvalue weighted by Gasteiger charge is -2.07. The third kappa shape index (κ3) is 3.33. The number of aryl methyl sites for hydroxylation is 1. The van der Waals surface area contributed by atoms with Crippen LogP contribution in [-0.2, 0) is 6.54 Å². The average molecular weight is 425 g/mol. The van der Waals surface area contributed by atoms with Crippen molar-refractivity contribution in [2.75, 3.05) is 5.32 Å². The van der Waals surface area contributed by atoms with Crippen molar-refractivity contribution >= 4 is 53.5 Å². The van der Waals surface area contributed by atoms with Gasteiger partial charge in [0.2, 0.25) is 0 Å². The Bertz CT molecular complexity index is 520. The van der Waals surface area contributed by atoms with Crippen LogP contribution in [0.25, 0.3) is 0 Å². The molecule has 0 aliphatic rings. The molecule has 3 nitrogen and oxygen atoms in total. The van der Waals surface area contributed by atoms with Crippen LogP contribution >= 0.6 is 47.8 Å². The number of hydrogen-bond acceptors (Lipinski definition) is 3. The standard InChI is InChI=1S/C11H9Br3N2O/c1-6-9(2-3-10(13)16-6)15-5-7-4-8(12)11(14)17-7/h2-4,15H,5H2,1H3. The molecule has 6 heteroatoms. The first-order valence-corrected chi connectivity index (χ1v) is 7.25. The van der Waals surface area contributed by atoms with Gasteiger partial charge in [-0.15, -0.1) is 0 Å². The Balaban J connectivity index is 2.07. The second-order valence-corrected chi connectivity index (χ2v) is 5.84.